The molecule has 0 aromatic heterocycles. The van der Waals surface area contributed by atoms with E-state index in [1.54, 1.807) is 0 Å². The van der Waals surface area contributed by atoms with E-state index >= 15 is 0 Å². The molecule has 0 radical (unpaired) electrons. The van der Waals surface area contributed by atoms with Gasteiger partial charge in [0, 0.05) is 0 Å². The van der Waals surface area contributed by atoms with Crippen molar-refractivity contribution in [1.82, 2.24) is 0 Å². The van der Waals surface area contributed by atoms with Crippen LogP contribution < -0.4 is 0 Å². The average Bonchev–Trinajstić information content (AvgIpc) is 2.51. The number of ether oxygens (including phenoxy) is 2. The fraction of sp³-hybridized carbons (Fsp3) is 0.895. The topological polar surface area (TPSA) is 52.6 Å². The molecule has 0 amide bonds. The lowest BCUT2D eigenvalue weighted by Crippen LogP contribution is -2.29. The van der Waals surface area contributed by atoms with Gasteiger partial charge < -0.3 is 9.47 Å². The van der Waals surface area contributed by atoms with Crippen LogP contribution in [0.25, 0.3) is 0 Å². The van der Waals surface area contributed by atoms with Crippen LogP contribution in [0.15, 0.2) is 0 Å². The quantitative estimate of drug-likeness (QED) is 0.466. The zero-order chi connectivity index (χ0) is 17.2. The highest BCUT2D eigenvalue weighted by Crippen LogP contribution is 2.30. The van der Waals surface area contributed by atoms with Crippen molar-refractivity contribution in [3.8, 4) is 0 Å². The summed E-state index contributed by atoms with van der Waals surface area (Å²) >= 11 is 0. The minimum Gasteiger partial charge on any atom is -0.465 e. The van der Waals surface area contributed by atoms with E-state index < -0.39 is 0 Å². The summed E-state index contributed by atoms with van der Waals surface area (Å²) in [4.78, 5) is 24.0. The van der Waals surface area contributed by atoms with Gasteiger partial charge in [-0.1, -0.05) is 34.1 Å². The Bertz CT molecular complexity index is 354. The minimum absolute atomic E-state index is 0.0331. The van der Waals surface area contributed by atoms with Gasteiger partial charge in [0.2, 0.25) is 0 Å². The first-order chi connectivity index (χ1) is 10.9. The second-order valence-corrected chi connectivity index (χ2v) is 7.63. The highest BCUT2D eigenvalue weighted by molar-refractivity contribution is 5.75. The molecule has 1 aliphatic carbocycles. The van der Waals surface area contributed by atoms with E-state index in [2.05, 4.69) is 13.8 Å². The van der Waals surface area contributed by atoms with Gasteiger partial charge in [-0.3, -0.25) is 9.59 Å². The molecule has 0 aromatic rings. The number of esters is 2. The van der Waals surface area contributed by atoms with Gasteiger partial charge >= 0.3 is 11.9 Å². The van der Waals surface area contributed by atoms with E-state index in [1.165, 1.54) is 6.42 Å². The summed E-state index contributed by atoms with van der Waals surface area (Å²) in [6, 6.07) is 0. The summed E-state index contributed by atoms with van der Waals surface area (Å²) in [5.74, 6) is 0.818. The molecule has 0 unspecified atom stereocenters. The number of hydrogen-bond acceptors (Lipinski definition) is 4. The Kier molecular flexibility index (Phi) is 9.27. The number of hydrogen-bond donors (Lipinski definition) is 0. The Labute approximate surface area is 141 Å². The largest absolute Gasteiger partial charge is 0.465 e. The molecule has 0 N–H and O–H groups in total. The SMILES string of the molecule is CC(C)CCCCOC(=O)C1CCC(C(=O)OCC(C)C)CC1. The minimum atomic E-state index is -0.0980. The summed E-state index contributed by atoms with van der Waals surface area (Å²) < 4.78 is 10.7. The lowest BCUT2D eigenvalue weighted by molar-refractivity contribution is -0.155. The van der Waals surface area contributed by atoms with Crippen LogP contribution in [0.5, 0.6) is 0 Å². The monoisotopic (exact) mass is 326 g/mol. The van der Waals surface area contributed by atoms with Crippen LogP contribution in [0.1, 0.15) is 72.6 Å². The predicted octanol–water partition coefficient (Wildman–Crippen LogP) is 4.36. The number of unbranched alkanes of at least 4 members (excludes halogenated alkanes) is 1. The van der Waals surface area contributed by atoms with Gasteiger partial charge in [-0.2, -0.15) is 0 Å². The third-order valence-electron chi connectivity index (χ3n) is 4.37. The molecule has 4 nitrogen and oxygen atoms in total. The molecule has 1 saturated carbocycles. The molecular weight excluding hydrogens is 292 g/mol. The molecule has 0 spiro atoms. The van der Waals surface area contributed by atoms with Crippen LogP contribution >= 0.6 is 0 Å². The summed E-state index contributed by atoms with van der Waals surface area (Å²) in [6.07, 6.45) is 6.20. The zero-order valence-corrected chi connectivity index (χ0v) is 15.3. The van der Waals surface area contributed by atoms with Crippen molar-refractivity contribution in [3.63, 3.8) is 0 Å². The van der Waals surface area contributed by atoms with Gasteiger partial charge in [0.1, 0.15) is 0 Å². The van der Waals surface area contributed by atoms with Crippen molar-refractivity contribution in [2.75, 3.05) is 13.2 Å². The fourth-order valence-corrected chi connectivity index (χ4v) is 2.88. The maximum atomic E-state index is 12.0. The highest BCUT2D eigenvalue weighted by atomic mass is 16.5. The van der Waals surface area contributed by atoms with Gasteiger partial charge in [0.05, 0.1) is 25.0 Å². The van der Waals surface area contributed by atoms with Crippen molar-refractivity contribution >= 4 is 11.9 Å². The van der Waals surface area contributed by atoms with E-state index in [4.69, 9.17) is 9.47 Å². The highest BCUT2D eigenvalue weighted by Gasteiger charge is 2.31. The van der Waals surface area contributed by atoms with Gasteiger partial charge in [0.25, 0.3) is 0 Å². The van der Waals surface area contributed by atoms with E-state index in [-0.39, 0.29) is 23.8 Å². The van der Waals surface area contributed by atoms with Crippen LogP contribution in [0, 0.1) is 23.7 Å². The van der Waals surface area contributed by atoms with Gasteiger partial charge in [-0.05, 0) is 50.4 Å². The Morgan fingerprint density at radius 3 is 1.83 bits per heavy atom. The first-order valence-electron chi connectivity index (χ1n) is 9.23. The molecule has 0 atom stereocenters. The zero-order valence-electron chi connectivity index (χ0n) is 15.3. The molecule has 1 aliphatic rings. The second-order valence-electron chi connectivity index (χ2n) is 7.63. The third kappa shape index (κ3) is 8.38. The second kappa shape index (κ2) is 10.7. The van der Waals surface area contributed by atoms with Crippen molar-refractivity contribution < 1.29 is 19.1 Å². The lowest BCUT2D eigenvalue weighted by Gasteiger charge is -2.26. The first-order valence-corrected chi connectivity index (χ1v) is 9.23. The van der Waals surface area contributed by atoms with Crippen LogP contribution in [-0.2, 0) is 19.1 Å². The van der Waals surface area contributed by atoms with Gasteiger partial charge in [0.15, 0.2) is 0 Å². The smallest absolute Gasteiger partial charge is 0.308 e. The molecular formula is C19H34O4. The van der Waals surface area contributed by atoms with Crippen LogP contribution in [0.2, 0.25) is 0 Å². The van der Waals surface area contributed by atoms with Crippen molar-refractivity contribution in [3.05, 3.63) is 0 Å². The maximum absolute atomic E-state index is 12.0. The summed E-state index contributed by atoms with van der Waals surface area (Å²) in [5, 5.41) is 0. The van der Waals surface area contributed by atoms with Crippen LogP contribution in [0.3, 0.4) is 0 Å². The summed E-state index contributed by atoms with van der Waals surface area (Å²) in [6.45, 7) is 9.48. The normalized spacial score (nSPS) is 21.5. The molecule has 0 aromatic carbocycles. The summed E-state index contributed by atoms with van der Waals surface area (Å²) in [5.41, 5.74) is 0. The van der Waals surface area contributed by atoms with Crippen molar-refractivity contribution in [1.29, 1.82) is 0 Å². The summed E-state index contributed by atoms with van der Waals surface area (Å²) in [7, 11) is 0. The average molecular weight is 326 g/mol. The number of rotatable bonds is 9. The molecule has 0 saturated heterocycles. The fourth-order valence-electron chi connectivity index (χ4n) is 2.88. The van der Waals surface area contributed by atoms with E-state index in [1.807, 2.05) is 13.8 Å². The predicted molar refractivity (Wildman–Crippen MR) is 90.9 cm³/mol. The van der Waals surface area contributed by atoms with E-state index in [0.717, 1.165) is 38.5 Å². The van der Waals surface area contributed by atoms with Crippen molar-refractivity contribution in [2.24, 2.45) is 23.7 Å². The molecule has 0 aliphatic heterocycles. The Hall–Kier alpha value is -1.06. The molecule has 23 heavy (non-hydrogen) atoms. The van der Waals surface area contributed by atoms with Gasteiger partial charge in [-0.15, -0.1) is 0 Å². The van der Waals surface area contributed by atoms with E-state index in [0.29, 0.717) is 25.0 Å². The Morgan fingerprint density at radius 2 is 1.35 bits per heavy atom. The molecule has 0 bridgehead atoms. The van der Waals surface area contributed by atoms with Crippen molar-refractivity contribution in [2.45, 2.75) is 72.6 Å². The first kappa shape index (κ1) is 20.0. The Morgan fingerprint density at radius 1 is 0.826 bits per heavy atom. The number of carbonyl (C=O) groups is 2. The lowest BCUT2D eigenvalue weighted by atomic mass is 9.82. The molecule has 0 heterocycles. The van der Waals surface area contributed by atoms with Crippen LogP contribution in [-0.4, -0.2) is 25.2 Å². The third-order valence-corrected chi connectivity index (χ3v) is 4.37. The molecule has 1 rings (SSSR count). The van der Waals surface area contributed by atoms with Gasteiger partial charge in [-0.25, -0.2) is 0 Å². The number of carbonyl (C=O) groups excluding carboxylic acids is 2. The molecule has 134 valence electrons. The molecule has 4 heteroatoms. The molecule has 1 fully saturated rings. The Balaban J connectivity index is 2.17. The van der Waals surface area contributed by atoms with Crippen LogP contribution in [0.4, 0.5) is 0 Å². The standard InChI is InChI=1S/C19H34O4/c1-14(2)7-5-6-12-22-18(20)16-8-10-17(11-9-16)19(21)23-13-15(3)4/h14-17H,5-13H2,1-4H3. The van der Waals surface area contributed by atoms with E-state index in [9.17, 15) is 9.59 Å². The maximum Gasteiger partial charge on any atom is 0.308 e.